The van der Waals surface area contributed by atoms with Crippen molar-refractivity contribution in [1.29, 1.82) is 0 Å². The summed E-state index contributed by atoms with van der Waals surface area (Å²) in [5, 5.41) is 6.84. The van der Waals surface area contributed by atoms with E-state index in [9.17, 15) is 0 Å². The van der Waals surface area contributed by atoms with E-state index >= 15 is 0 Å². The molecule has 4 aromatic rings. The Kier molecular flexibility index (Phi) is 4.03. The zero-order valence-corrected chi connectivity index (χ0v) is 14.6. The molecular formula is C19H16ClN3O2. The summed E-state index contributed by atoms with van der Waals surface area (Å²) in [4.78, 5) is 4.44. The predicted molar refractivity (Wildman–Crippen MR) is 98.2 cm³/mol. The topological polar surface area (TPSA) is 49.2 Å². The van der Waals surface area contributed by atoms with Gasteiger partial charge < -0.3 is 9.47 Å². The molecule has 5 nitrogen and oxygen atoms in total. The summed E-state index contributed by atoms with van der Waals surface area (Å²) in [6.45, 7) is 0. The summed E-state index contributed by atoms with van der Waals surface area (Å²) in [5.74, 6) is 0.761. The highest BCUT2D eigenvalue weighted by molar-refractivity contribution is 6.35. The SMILES string of the molecule is COc1ccc2nc(Cl)c3nn(C(OC)c4ccccc4)cc3c2c1. The second-order valence-corrected chi connectivity index (χ2v) is 6.01. The van der Waals surface area contributed by atoms with Crippen molar-refractivity contribution < 1.29 is 9.47 Å². The average molecular weight is 354 g/mol. The summed E-state index contributed by atoms with van der Waals surface area (Å²) in [5.41, 5.74) is 2.44. The van der Waals surface area contributed by atoms with Crippen LogP contribution < -0.4 is 4.74 Å². The Bertz CT molecular complexity index is 1050. The third-order valence-corrected chi connectivity index (χ3v) is 4.45. The van der Waals surface area contributed by atoms with Crippen molar-refractivity contribution in [3.63, 3.8) is 0 Å². The van der Waals surface area contributed by atoms with E-state index in [0.29, 0.717) is 10.7 Å². The van der Waals surface area contributed by atoms with E-state index in [1.54, 1.807) is 18.9 Å². The Hall–Kier alpha value is -2.63. The zero-order valence-electron chi connectivity index (χ0n) is 13.8. The van der Waals surface area contributed by atoms with Crippen LogP contribution in [0.1, 0.15) is 11.8 Å². The number of halogens is 1. The molecule has 2 heterocycles. The molecule has 126 valence electrons. The molecule has 0 N–H and O–H groups in total. The molecule has 0 saturated heterocycles. The lowest BCUT2D eigenvalue weighted by Gasteiger charge is -2.15. The van der Waals surface area contributed by atoms with Crippen LogP contribution in [0.5, 0.6) is 5.75 Å². The fourth-order valence-corrected chi connectivity index (χ4v) is 3.22. The van der Waals surface area contributed by atoms with Crippen LogP contribution in [0.3, 0.4) is 0 Å². The predicted octanol–water partition coefficient (Wildman–Crippen LogP) is 4.44. The van der Waals surface area contributed by atoms with Crippen LogP contribution in [0.15, 0.2) is 54.7 Å². The van der Waals surface area contributed by atoms with Gasteiger partial charge in [0.25, 0.3) is 0 Å². The number of rotatable bonds is 4. The Morgan fingerprint density at radius 3 is 2.56 bits per heavy atom. The van der Waals surface area contributed by atoms with Gasteiger partial charge in [0.2, 0.25) is 0 Å². The number of hydrogen-bond donors (Lipinski definition) is 0. The zero-order chi connectivity index (χ0) is 17.4. The standard InChI is InChI=1S/C19H16ClN3O2/c1-24-13-8-9-16-14(10-13)15-11-23(22-17(15)18(20)21-16)19(25-2)12-6-4-3-5-7-12/h3-11,19H,1-2H3. The molecule has 0 spiro atoms. The van der Waals surface area contributed by atoms with Crippen molar-refractivity contribution in [3.8, 4) is 5.75 Å². The number of hydrogen-bond acceptors (Lipinski definition) is 4. The van der Waals surface area contributed by atoms with E-state index in [1.807, 2.05) is 54.7 Å². The van der Waals surface area contributed by atoms with Crippen molar-refractivity contribution in [2.45, 2.75) is 6.23 Å². The molecule has 2 aromatic heterocycles. The number of methoxy groups -OCH3 is 2. The number of benzene rings is 2. The molecule has 2 aromatic carbocycles. The number of ether oxygens (including phenoxy) is 2. The van der Waals surface area contributed by atoms with Gasteiger partial charge in [0.15, 0.2) is 11.4 Å². The number of nitrogens with zero attached hydrogens (tertiary/aromatic N) is 3. The molecule has 0 aliphatic carbocycles. The average Bonchev–Trinajstić information content (AvgIpc) is 3.09. The van der Waals surface area contributed by atoms with Crippen LogP contribution in [-0.2, 0) is 4.74 Å². The van der Waals surface area contributed by atoms with Crippen LogP contribution in [0.4, 0.5) is 0 Å². The van der Waals surface area contributed by atoms with E-state index in [2.05, 4.69) is 10.1 Å². The van der Waals surface area contributed by atoms with Crippen LogP contribution in [0.25, 0.3) is 21.8 Å². The highest BCUT2D eigenvalue weighted by Gasteiger charge is 2.18. The van der Waals surface area contributed by atoms with E-state index in [1.165, 1.54) is 0 Å². The number of aromatic nitrogens is 3. The minimum atomic E-state index is -0.342. The van der Waals surface area contributed by atoms with Crippen molar-refractivity contribution >= 4 is 33.4 Å². The van der Waals surface area contributed by atoms with Crippen LogP contribution in [0.2, 0.25) is 5.15 Å². The lowest BCUT2D eigenvalue weighted by atomic mass is 10.1. The van der Waals surface area contributed by atoms with Gasteiger partial charge in [0, 0.05) is 29.6 Å². The fraction of sp³-hybridized carbons (Fsp3) is 0.158. The molecule has 0 aliphatic heterocycles. The molecular weight excluding hydrogens is 338 g/mol. The molecule has 0 radical (unpaired) electrons. The first kappa shape index (κ1) is 15.9. The normalized spacial score (nSPS) is 12.6. The highest BCUT2D eigenvalue weighted by Crippen LogP contribution is 2.32. The van der Waals surface area contributed by atoms with Gasteiger partial charge in [-0.05, 0) is 18.2 Å². The second-order valence-electron chi connectivity index (χ2n) is 5.66. The Labute approximate surface area is 149 Å². The van der Waals surface area contributed by atoms with Gasteiger partial charge in [-0.15, -0.1) is 0 Å². The van der Waals surface area contributed by atoms with Crippen LogP contribution >= 0.6 is 11.6 Å². The van der Waals surface area contributed by atoms with Gasteiger partial charge in [0.05, 0.1) is 12.6 Å². The molecule has 1 unspecified atom stereocenters. The number of fused-ring (bicyclic) bond motifs is 3. The van der Waals surface area contributed by atoms with Crippen LogP contribution in [-0.4, -0.2) is 29.0 Å². The van der Waals surface area contributed by atoms with Crippen LogP contribution in [0, 0.1) is 0 Å². The molecule has 1 atom stereocenters. The fourth-order valence-electron chi connectivity index (χ4n) is 2.99. The smallest absolute Gasteiger partial charge is 0.175 e. The highest BCUT2D eigenvalue weighted by atomic mass is 35.5. The maximum Gasteiger partial charge on any atom is 0.175 e. The van der Waals surface area contributed by atoms with Gasteiger partial charge in [0.1, 0.15) is 11.3 Å². The van der Waals surface area contributed by atoms with Crippen molar-refractivity contribution in [2.75, 3.05) is 14.2 Å². The van der Waals surface area contributed by atoms with Crippen molar-refractivity contribution in [2.24, 2.45) is 0 Å². The third kappa shape index (κ3) is 2.71. The molecule has 25 heavy (non-hydrogen) atoms. The van der Waals surface area contributed by atoms with Gasteiger partial charge in [-0.2, -0.15) is 5.10 Å². The van der Waals surface area contributed by atoms with E-state index in [4.69, 9.17) is 21.1 Å². The first-order valence-corrected chi connectivity index (χ1v) is 8.19. The molecule has 0 bridgehead atoms. The van der Waals surface area contributed by atoms with Gasteiger partial charge in [-0.3, -0.25) is 0 Å². The summed E-state index contributed by atoms with van der Waals surface area (Å²) in [6, 6.07) is 15.6. The Balaban J connectivity index is 1.94. The number of pyridine rings is 1. The van der Waals surface area contributed by atoms with E-state index < -0.39 is 0 Å². The quantitative estimate of drug-likeness (QED) is 0.509. The third-order valence-electron chi connectivity index (χ3n) is 4.19. The molecule has 0 aliphatic rings. The van der Waals surface area contributed by atoms with E-state index in [-0.39, 0.29) is 6.23 Å². The maximum atomic E-state index is 6.36. The first-order valence-electron chi connectivity index (χ1n) is 7.81. The Morgan fingerprint density at radius 1 is 1.04 bits per heavy atom. The van der Waals surface area contributed by atoms with E-state index in [0.717, 1.165) is 27.6 Å². The van der Waals surface area contributed by atoms with Gasteiger partial charge in [-0.25, -0.2) is 9.67 Å². The second kappa shape index (κ2) is 6.35. The molecule has 4 rings (SSSR count). The molecule has 0 fully saturated rings. The van der Waals surface area contributed by atoms with Crippen molar-refractivity contribution in [3.05, 3.63) is 65.4 Å². The van der Waals surface area contributed by atoms with Gasteiger partial charge in [-0.1, -0.05) is 41.9 Å². The molecule has 6 heteroatoms. The largest absolute Gasteiger partial charge is 0.497 e. The summed E-state index contributed by atoms with van der Waals surface area (Å²) in [6.07, 6.45) is 1.59. The maximum absolute atomic E-state index is 6.36. The minimum absolute atomic E-state index is 0.342. The summed E-state index contributed by atoms with van der Waals surface area (Å²) in [7, 11) is 3.30. The lowest BCUT2D eigenvalue weighted by molar-refractivity contribution is 0.0687. The monoisotopic (exact) mass is 353 g/mol. The van der Waals surface area contributed by atoms with Crippen molar-refractivity contribution in [1.82, 2.24) is 14.8 Å². The molecule has 0 amide bonds. The minimum Gasteiger partial charge on any atom is -0.497 e. The molecule has 0 saturated carbocycles. The summed E-state index contributed by atoms with van der Waals surface area (Å²) < 4.78 is 12.8. The first-order chi connectivity index (χ1) is 12.2. The lowest BCUT2D eigenvalue weighted by Crippen LogP contribution is -2.13. The van der Waals surface area contributed by atoms with Gasteiger partial charge >= 0.3 is 0 Å². The Morgan fingerprint density at radius 2 is 1.84 bits per heavy atom. The summed E-state index contributed by atoms with van der Waals surface area (Å²) >= 11 is 6.36.